The first-order valence-corrected chi connectivity index (χ1v) is 32.7. The molecule has 4 aromatic rings. The van der Waals surface area contributed by atoms with Crippen LogP contribution in [0, 0.1) is 0 Å². The van der Waals surface area contributed by atoms with Crippen LogP contribution in [0.5, 0.6) is 0 Å². The molecule has 2 fully saturated rings. The number of ketones is 1. The number of aldehydes is 1. The van der Waals surface area contributed by atoms with E-state index in [1.165, 1.54) is 30.4 Å². The summed E-state index contributed by atoms with van der Waals surface area (Å²) in [7, 11) is 0. The molecule has 6 rings (SSSR count). The van der Waals surface area contributed by atoms with Crippen LogP contribution < -0.4 is 26.6 Å². The molecular formula is C65H85N5O19S2. The van der Waals surface area contributed by atoms with Gasteiger partial charge >= 0.3 is 5.97 Å². The Hall–Kier alpha value is -6.66. The second-order valence-corrected chi connectivity index (χ2v) is 24.8. The van der Waals surface area contributed by atoms with Crippen LogP contribution >= 0.6 is 23.5 Å². The number of benzene rings is 4. The SMILES string of the molecule is CC(=O)N[C@H]1[C@H]([C@H](O)[C@H](O)CNC(=O)c2ccc(-c3ccccc3)cc2)O[C@](C=O)(OCCCSCCNC(=O)CCCCC(=O)CCCSCCCO[C@]2(C(=O)O)C[C@H](O)[C@@H](NC(C)=O)[C@H]([C@H](O)[C@H](O)CNC(=O)c3ccc(-c4ccccc4)cc3)O2)C[C@@H]1O. The highest BCUT2D eigenvalue weighted by atomic mass is 32.2. The Morgan fingerprint density at radius 3 is 1.49 bits per heavy atom. The van der Waals surface area contributed by atoms with E-state index in [1.54, 1.807) is 48.5 Å². The van der Waals surface area contributed by atoms with Gasteiger partial charge in [-0.15, -0.1) is 0 Å². The Balaban J connectivity index is 0.804. The maximum absolute atomic E-state index is 13.0. The number of ether oxygens (including phenoxy) is 4. The van der Waals surface area contributed by atoms with Crippen molar-refractivity contribution in [2.75, 3.05) is 55.9 Å². The number of amides is 5. The molecule has 0 radical (unpaired) electrons. The van der Waals surface area contributed by atoms with Gasteiger partial charge in [0, 0.05) is 82.5 Å². The van der Waals surface area contributed by atoms with Crippen molar-refractivity contribution < 1.29 is 93.0 Å². The third kappa shape index (κ3) is 22.9. The predicted octanol–water partition coefficient (Wildman–Crippen LogP) is 2.91. The zero-order chi connectivity index (χ0) is 65.9. The summed E-state index contributed by atoms with van der Waals surface area (Å²) in [6.07, 6.45) is -10.6. The van der Waals surface area contributed by atoms with E-state index in [0.29, 0.717) is 86.4 Å². The van der Waals surface area contributed by atoms with Gasteiger partial charge in [0.25, 0.3) is 17.6 Å². The first-order chi connectivity index (χ1) is 43.6. The lowest BCUT2D eigenvalue weighted by atomic mass is 9.88. The first kappa shape index (κ1) is 73.4. The maximum atomic E-state index is 13.0. The first-order valence-electron chi connectivity index (χ1n) is 30.4. The minimum absolute atomic E-state index is 0.00159. The number of aliphatic hydroxyl groups excluding tert-OH is 6. The maximum Gasteiger partial charge on any atom is 0.364 e. The number of nitrogens with one attached hydrogen (secondary N) is 5. The van der Waals surface area contributed by atoms with E-state index in [1.807, 2.05) is 60.7 Å². The average molecular weight is 1300 g/mol. The van der Waals surface area contributed by atoms with Gasteiger partial charge in [-0.25, -0.2) is 4.79 Å². The number of unbranched alkanes of at least 4 members (excludes halogenated alkanes) is 1. The average Bonchev–Trinajstić information content (AvgIpc) is 0.817. The topological polar surface area (TPSA) is 375 Å². The predicted molar refractivity (Wildman–Crippen MR) is 339 cm³/mol. The number of carbonyl (C=O) groups excluding carboxylic acids is 7. The largest absolute Gasteiger partial charge is 0.477 e. The number of aliphatic carboxylic acids is 1. The van der Waals surface area contributed by atoms with Gasteiger partial charge in [0.15, 0.2) is 6.29 Å². The fourth-order valence-corrected chi connectivity index (χ4v) is 12.1. The standard InChI is InChI=1S/C65H85N5O19S2/c1-41(72)69-55-50(75)36-64(40-71,88-59(55)57(80)52(77)38-67-61(82)47-25-21-45(22-26-47)43-14-5-3-6-15-43)86-30-12-34-91-35-29-66-54(79)20-10-9-18-49(74)19-11-32-90-33-13-31-87-65(63(84)85)37-51(76)56(70-42(2)73)60(89-65)58(81)53(78)39-68-62(83)48-27-23-46(24-28-48)44-16-7-4-8-17-44/h3-8,14-17,21-28,40,50-53,55-60,75-78,80-81H,9-13,18-20,29-39H2,1-2H3,(H,66,79)(H,67,82)(H,68,83)(H,69,72)(H,70,73)(H,84,85)/t50-,51-,52+,53+,55+,56+,57+,58+,59+,60+,64+,65+/m0/s1. The molecule has 0 saturated carbocycles. The summed E-state index contributed by atoms with van der Waals surface area (Å²) in [5.74, 6) is -6.14. The van der Waals surface area contributed by atoms with E-state index in [4.69, 9.17) is 18.9 Å². The number of hydrogen-bond donors (Lipinski definition) is 12. The lowest BCUT2D eigenvalue weighted by Gasteiger charge is -2.46. The smallest absolute Gasteiger partial charge is 0.364 e. The minimum Gasteiger partial charge on any atom is -0.477 e. The molecule has 4 aromatic carbocycles. The monoisotopic (exact) mass is 1300 g/mol. The number of hydrogen-bond acceptors (Lipinski definition) is 20. The molecule has 496 valence electrons. The van der Waals surface area contributed by atoms with Crippen LogP contribution in [-0.2, 0) is 47.7 Å². The molecule has 0 aromatic heterocycles. The van der Waals surface area contributed by atoms with Gasteiger partial charge in [-0.1, -0.05) is 84.9 Å². The molecule has 0 bridgehead atoms. The number of Topliss-reactive ketones (excluding diaryl/α,β-unsaturated/α-hetero) is 1. The molecule has 2 aliphatic rings. The Kier molecular flexibility index (Phi) is 30.0. The van der Waals surface area contributed by atoms with Crippen LogP contribution in [-0.4, -0.2) is 212 Å². The van der Waals surface area contributed by atoms with Crippen molar-refractivity contribution in [3.8, 4) is 22.3 Å². The molecular weight excluding hydrogens is 1220 g/mol. The van der Waals surface area contributed by atoms with Gasteiger partial charge in [0.05, 0.1) is 49.7 Å². The van der Waals surface area contributed by atoms with Crippen LogP contribution in [0.3, 0.4) is 0 Å². The Morgan fingerprint density at radius 2 is 1.00 bits per heavy atom. The summed E-state index contributed by atoms with van der Waals surface area (Å²) < 4.78 is 23.4. The van der Waals surface area contributed by atoms with Gasteiger partial charge in [0.2, 0.25) is 23.5 Å². The summed E-state index contributed by atoms with van der Waals surface area (Å²) in [4.78, 5) is 100. The highest BCUT2D eigenvalue weighted by molar-refractivity contribution is 7.99. The third-order valence-electron chi connectivity index (χ3n) is 15.3. The van der Waals surface area contributed by atoms with E-state index >= 15 is 0 Å². The molecule has 91 heavy (non-hydrogen) atoms. The molecule has 0 aliphatic carbocycles. The summed E-state index contributed by atoms with van der Waals surface area (Å²) in [6.45, 7) is 1.69. The second kappa shape index (κ2) is 37.1. The van der Waals surface area contributed by atoms with Crippen molar-refractivity contribution in [2.24, 2.45) is 0 Å². The number of carboxylic acid groups (broad SMARTS) is 1. The van der Waals surface area contributed by atoms with Gasteiger partial charge in [-0.3, -0.25) is 33.6 Å². The van der Waals surface area contributed by atoms with Crippen molar-refractivity contribution in [3.63, 3.8) is 0 Å². The Bertz CT molecular complexity index is 2970. The zero-order valence-electron chi connectivity index (χ0n) is 51.0. The van der Waals surface area contributed by atoms with E-state index < -0.39 is 122 Å². The fraction of sp³-hybridized carbons (Fsp3) is 0.508. The zero-order valence-corrected chi connectivity index (χ0v) is 52.7. The third-order valence-corrected chi connectivity index (χ3v) is 17.5. The van der Waals surface area contributed by atoms with Crippen LogP contribution in [0.25, 0.3) is 22.3 Å². The molecule has 2 saturated heterocycles. The number of carbonyl (C=O) groups is 8. The Labute approximate surface area is 537 Å². The molecule has 0 spiro atoms. The van der Waals surface area contributed by atoms with Gasteiger partial charge in [-0.2, -0.15) is 23.5 Å². The molecule has 2 aliphatic heterocycles. The van der Waals surface area contributed by atoms with Crippen molar-refractivity contribution in [2.45, 2.75) is 151 Å². The number of thioether (sulfide) groups is 2. The summed E-state index contributed by atoms with van der Waals surface area (Å²) in [5, 5.41) is 90.0. The van der Waals surface area contributed by atoms with Crippen molar-refractivity contribution >= 4 is 71.1 Å². The van der Waals surface area contributed by atoms with Gasteiger partial charge in [-0.05, 0) is 95.9 Å². The van der Waals surface area contributed by atoms with Crippen LogP contribution in [0.2, 0.25) is 0 Å². The quantitative estimate of drug-likeness (QED) is 0.0227. The number of aliphatic hydroxyl groups is 6. The number of carboxylic acids is 1. The fourth-order valence-electron chi connectivity index (χ4n) is 10.5. The summed E-state index contributed by atoms with van der Waals surface area (Å²) in [6, 6.07) is 30.1. The summed E-state index contributed by atoms with van der Waals surface area (Å²) in [5.41, 5.74) is 4.28. The highest BCUT2D eigenvalue weighted by Crippen LogP contribution is 2.35. The molecule has 5 amide bonds. The molecule has 12 N–H and O–H groups in total. The second-order valence-electron chi connectivity index (χ2n) is 22.4. The number of rotatable bonds is 38. The van der Waals surface area contributed by atoms with E-state index in [0.717, 1.165) is 29.2 Å². The lowest BCUT2D eigenvalue weighted by Crippen LogP contribution is -2.68. The lowest BCUT2D eigenvalue weighted by molar-refractivity contribution is -0.310. The van der Waals surface area contributed by atoms with Gasteiger partial charge < -0.3 is 81.3 Å². The molecule has 24 nitrogen and oxygen atoms in total. The van der Waals surface area contributed by atoms with E-state index in [-0.39, 0.29) is 43.3 Å². The van der Waals surface area contributed by atoms with Crippen molar-refractivity contribution in [1.29, 1.82) is 0 Å². The highest BCUT2D eigenvalue weighted by Gasteiger charge is 2.56. The van der Waals surface area contributed by atoms with Crippen molar-refractivity contribution in [3.05, 3.63) is 120 Å². The van der Waals surface area contributed by atoms with Crippen LogP contribution in [0.15, 0.2) is 109 Å². The summed E-state index contributed by atoms with van der Waals surface area (Å²) >= 11 is 3.04. The molecule has 2 heterocycles. The van der Waals surface area contributed by atoms with E-state index in [9.17, 15) is 74.1 Å². The van der Waals surface area contributed by atoms with Gasteiger partial charge in [0.1, 0.15) is 30.2 Å². The molecule has 0 unspecified atom stereocenters. The van der Waals surface area contributed by atoms with E-state index in [2.05, 4.69) is 26.6 Å². The van der Waals surface area contributed by atoms with Crippen LogP contribution in [0.4, 0.5) is 0 Å². The minimum atomic E-state index is -2.45. The van der Waals surface area contributed by atoms with Crippen molar-refractivity contribution in [1.82, 2.24) is 26.6 Å². The normalized spacial score (nSPS) is 22.7. The van der Waals surface area contributed by atoms with Crippen LogP contribution in [0.1, 0.15) is 98.8 Å². The Morgan fingerprint density at radius 1 is 0.560 bits per heavy atom. The molecule has 12 atom stereocenters. The molecule has 26 heteroatoms.